The van der Waals surface area contributed by atoms with Gasteiger partial charge in [-0.1, -0.05) is 37.3 Å². The van der Waals surface area contributed by atoms with Gasteiger partial charge in [0.2, 0.25) is 5.91 Å². The molecule has 0 saturated carbocycles. The number of hydrogen-bond acceptors (Lipinski definition) is 4. The molecule has 0 aliphatic heterocycles. The van der Waals surface area contributed by atoms with Crippen LogP contribution in [0, 0.1) is 11.3 Å². The lowest BCUT2D eigenvalue weighted by atomic mass is 10.1. The lowest BCUT2D eigenvalue weighted by Gasteiger charge is -2.13. The van der Waals surface area contributed by atoms with Gasteiger partial charge in [-0.25, -0.2) is 0 Å². The van der Waals surface area contributed by atoms with Crippen LogP contribution in [0.4, 0.5) is 17.1 Å². The summed E-state index contributed by atoms with van der Waals surface area (Å²) < 4.78 is 0. The zero-order chi connectivity index (χ0) is 21.3. The Morgan fingerprint density at radius 1 is 0.900 bits per heavy atom. The molecular weight excluding hydrogens is 376 g/mol. The Morgan fingerprint density at radius 3 is 2.40 bits per heavy atom. The van der Waals surface area contributed by atoms with Crippen LogP contribution in [0.1, 0.15) is 28.4 Å². The largest absolute Gasteiger partial charge is 0.376 e. The number of para-hydroxylation sites is 1. The number of nitriles is 1. The molecule has 6 heteroatoms. The second-order valence-electron chi connectivity index (χ2n) is 6.64. The highest BCUT2D eigenvalue weighted by Gasteiger charge is 2.12. The Labute approximate surface area is 175 Å². The summed E-state index contributed by atoms with van der Waals surface area (Å²) in [5.41, 5.74) is 3.91. The van der Waals surface area contributed by atoms with Crippen molar-refractivity contribution in [2.75, 3.05) is 22.5 Å². The first kappa shape index (κ1) is 20.6. The van der Waals surface area contributed by atoms with Crippen molar-refractivity contribution < 1.29 is 9.59 Å². The Bertz CT molecular complexity index is 1080. The highest BCUT2D eigenvalue weighted by atomic mass is 16.2. The van der Waals surface area contributed by atoms with Crippen LogP contribution in [-0.4, -0.2) is 18.4 Å². The summed E-state index contributed by atoms with van der Waals surface area (Å²) in [5, 5.41) is 17.6. The Hall–Kier alpha value is -4.11. The van der Waals surface area contributed by atoms with Gasteiger partial charge in [0.1, 0.15) is 0 Å². The number of aryl methyl sites for hydroxylation is 1. The number of anilines is 3. The second-order valence-corrected chi connectivity index (χ2v) is 6.64. The summed E-state index contributed by atoms with van der Waals surface area (Å²) in [6, 6.07) is 23.4. The lowest BCUT2D eigenvalue weighted by Crippen LogP contribution is -2.23. The van der Waals surface area contributed by atoms with E-state index in [4.69, 9.17) is 5.26 Å². The molecule has 6 nitrogen and oxygen atoms in total. The Balaban J connectivity index is 1.63. The number of hydrogen-bond donors (Lipinski definition) is 3. The third-order valence-electron chi connectivity index (χ3n) is 4.51. The van der Waals surface area contributed by atoms with Crippen molar-refractivity contribution in [3.05, 3.63) is 89.5 Å². The van der Waals surface area contributed by atoms with E-state index in [1.54, 1.807) is 48.5 Å². The van der Waals surface area contributed by atoms with Crippen molar-refractivity contribution >= 4 is 28.9 Å². The van der Waals surface area contributed by atoms with E-state index >= 15 is 0 Å². The van der Waals surface area contributed by atoms with Crippen molar-refractivity contribution in [2.45, 2.75) is 13.3 Å². The van der Waals surface area contributed by atoms with Crippen molar-refractivity contribution in [2.24, 2.45) is 0 Å². The highest BCUT2D eigenvalue weighted by molar-refractivity contribution is 6.08. The fraction of sp³-hybridized carbons (Fsp3) is 0.125. The Kier molecular flexibility index (Phi) is 6.80. The molecule has 0 aliphatic rings. The van der Waals surface area contributed by atoms with Crippen molar-refractivity contribution in [3.8, 4) is 6.07 Å². The molecule has 2 amide bonds. The van der Waals surface area contributed by atoms with Crippen LogP contribution in [0.5, 0.6) is 0 Å². The van der Waals surface area contributed by atoms with Gasteiger partial charge in [-0.05, 0) is 54.4 Å². The first-order valence-electron chi connectivity index (χ1n) is 9.62. The lowest BCUT2D eigenvalue weighted by molar-refractivity contribution is -0.114. The molecule has 150 valence electrons. The molecule has 0 radical (unpaired) electrons. The first-order valence-corrected chi connectivity index (χ1v) is 9.62. The summed E-state index contributed by atoms with van der Waals surface area (Å²) in [4.78, 5) is 25.0. The molecule has 3 rings (SSSR count). The fourth-order valence-corrected chi connectivity index (χ4v) is 2.90. The molecule has 0 spiro atoms. The normalized spacial score (nSPS) is 10.0. The van der Waals surface area contributed by atoms with E-state index < -0.39 is 0 Å². The monoisotopic (exact) mass is 398 g/mol. The van der Waals surface area contributed by atoms with E-state index in [1.165, 1.54) is 5.56 Å². The number of nitrogens with zero attached hydrogens (tertiary/aromatic N) is 1. The van der Waals surface area contributed by atoms with E-state index in [1.807, 2.05) is 30.3 Å². The maximum atomic E-state index is 12.7. The van der Waals surface area contributed by atoms with Gasteiger partial charge in [-0.2, -0.15) is 5.26 Å². The van der Waals surface area contributed by atoms with Gasteiger partial charge in [-0.15, -0.1) is 0 Å². The number of rotatable bonds is 7. The van der Waals surface area contributed by atoms with Gasteiger partial charge >= 0.3 is 0 Å². The zero-order valence-electron chi connectivity index (χ0n) is 16.6. The standard InChI is InChI=1S/C24H22N4O2/c1-2-17-10-12-19(13-11-17)28-24(30)21-8-3-4-9-22(21)26-16-23(29)27-20-7-5-6-18(14-20)15-25/h3-14,26H,2,16H2,1H3,(H,27,29)(H,28,30). The number of carbonyl (C=O) groups excluding carboxylic acids is 2. The first-order chi connectivity index (χ1) is 14.6. The molecule has 3 aromatic carbocycles. The molecule has 30 heavy (non-hydrogen) atoms. The molecule has 0 aromatic heterocycles. The summed E-state index contributed by atoms with van der Waals surface area (Å²) >= 11 is 0. The molecule has 0 bridgehead atoms. The van der Waals surface area contributed by atoms with E-state index in [2.05, 4.69) is 22.9 Å². The van der Waals surface area contributed by atoms with Crippen molar-refractivity contribution in [1.82, 2.24) is 0 Å². The van der Waals surface area contributed by atoms with Crippen molar-refractivity contribution in [1.29, 1.82) is 5.26 Å². The van der Waals surface area contributed by atoms with Gasteiger partial charge in [-0.3, -0.25) is 9.59 Å². The van der Waals surface area contributed by atoms with E-state index in [0.717, 1.165) is 6.42 Å². The maximum Gasteiger partial charge on any atom is 0.257 e. The molecule has 0 aliphatic carbocycles. The van der Waals surface area contributed by atoms with Crippen LogP contribution in [0.2, 0.25) is 0 Å². The number of benzene rings is 3. The highest BCUT2D eigenvalue weighted by Crippen LogP contribution is 2.18. The smallest absolute Gasteiger partial charge is 0.257 e. The average molecular weight is 398 g/mol. The minimum atomic E-state index is -0.282. The minimum Gasteiger partial charge on any atom is -0.376 e. The molecule has 3 aromatic rings. The molecule has 0 unspecified atom stereocenters. The molecule has 0 saturated heterocycles. The quantitative estimate of drug-likeness (QED) is 0.549. The van der Waals surface area contributed by atoms with Crippen LogP contribution in [0.25, 0.3) is 0 Å². The van der Waals surface area contributed by atoms with Gasteiger partial charge in [0, 0.05) is 17.1 Å². The average Bonchev–Trinajstić information content (AvgIpc) is 2.78. The van der Waals surface area contributed by atoms with Crippen LogP contribution in [0.15, 0.2) is 72.8 Å². The predicted molar refractivity (Wildman–Crippen MR) is 118 cm³/mol. The van der Waals surface area contributed by atoms with Crippen LogP contribution in [-0.2, 0) is 11.2 Å². The zero-order valence-corrected chi connectivity index (χ0v) is 16.6. The Morgan fingerprint density at radius 2 is 1.67 bits per heavy atom. The SMILES string of the molecule is CCc1ccc(NC(=O)c2ccccc2NCC(=O)Nc2cccc(C#N)c2)cc1. The van der Waals surface area contributed by atoms with Crippen LogP contribution >= 0.6 is 0 Å². The van der Waals surface area contributed by atoms with Gasteiger partial charge < -0.3 is 16.0 Å². The predicted octanol–water partition coefficient (Wildman–Crippen LogP) is 4.42. The van der Waals surface area contributed by atoms with E-state index in [9.17, 15) is 9.59 Å². The molecule has 3 N–H and O–H groups in total. The van der Waals surface area contributed by atoms with E-state index in [-0.39, 0.29) is 18.4 Å². The third-order valence-corrected chi connectivity index (χ3v) is 4.51. The third kappa shape index (κ3) is 5.46. The topological polar surface area (TPSA) is 94.0 Å². The molecule has 0 heterocycles. The number of amides is 2. The summed E-state index contributed by atoms with van der Waals surface area (Å²) in [5.74, 6) is -0.542. The van der Waals surface area contributed by atoms with Crippen LogP contribution < -0.4 is 16.0 Å². The fourth-order valence-electron chi connectivity index (χ4n) is 2.90. The molecule has 0 atom stereocenters. The van der Waals surface area contributed by atoms with E-state index in [0.29, 0.717) is 28.2 Å². The molecule has 0 fully saturated rings. The molecular formula is C24H22N4O2. The summed E-state index contributed by atoms with van der Waals surface area (Å²) in [6.45, 7) is 2.05. The number of nitrogens with one attached hydrogen (secondary N) is 3. The van der Waals surface area contributed by atoms with Gasteiger partial charge in [0.25, 0.3) is 5.91 Å². The van der Waals surface area contributed by atoms with Gasteiger partial charge in [0.05, 0.1) is 23.7 Å². The maximum absolute atomic E-state index is 12.7. The van der Waals surface area contributed by atoms with Gasteiger partial charge in [0.15, 0.2) is 0 Å². The second kappa shape index (κ2) is 9.89. The summed E-state index contributed by atoms with van der Waals surface area (Å²) in [6.07, 6.45) is 0.934. The van der Waals surface area contributed by atoms with Crippen LogP contribution in [0.3, 0.4) is 0 Å². The summed E-state index contributed by atoms with van der Waals surface area (Å²) in [7, 11) is 0. The minimum absolute atomic E-state index is 0.0216. The number of carbonyl (C=O) groups is 2. The van der Waals surface area contributed by atoms with Crippen molar-refractivity contribution in [3.63, 3.8) is 0 Å².